The van der Waals surface area contributed by atoms with Gasteiger partial charge in [-0.1, -0.05) is 0 Å². The third kappa shape index (κ3) is 4.74. The van der Waals surface area contributed by atoms with Crippen molar-refractivity contribution < 1.29 is 4.21 Å². The summed E-state index contributed by atoms with van der Waals surface area (Å²) in [6.07, 6.45) is 5.41. The Morgan fingerprint density at radius 1 is 1.24 bits per heavy atom. The highest BCUT2D eigenvalue weighted by molar-refractivity contribution is 7.84. The highest BCUT2D eigenvalue weighted by atomic mass is 32.2. The van der Waals surface area contributed by atoms with Crippen molar-refractivity contribution in [3.8, 4) is 5.95 Å². The summed E-state index contributed by atoms with van der Waals surface area (Å²) in [6.45, 7) is 3.31. The van der Waals surface area contributed by atoms with Crippen molar-refractivity contribution in [3.63, 3.8) is 0 Å². The molecule has 0 bridgehead atoms. The highest BCUT2D eigenvalue weighted by Crippen LogP contribution is 2.08. The van der Waals surface area contributed by atoms with Gasteiger partial charge in [-0.2, -0.15) is 24.7 Å². The quantitative estimate of drug-likeness (QED) is 0.659. The van der Waals surface area contributed by atoms with Crippen LogP contribution in [0.4, 0.5) is 11.9 Å². The summed E-state index contributed by atoms with van der Waals surface area (Å²) in [4.78, 5) is 16.7. The summed E-state index contributed by atoms with van der Waals surface area (Å²) in [5.41, 5.74) is 0. The molecular weight excluding hydrogens is 292 g/mol. The first kappa shape index (κ1) is 15.3. The number of hydrogen-bond donors (Lipinski definition) is 2. The minimum atomic E-state index is -0.787. The van der Waals surface area contributed by atoms with Crippen LogP contribution in [0.5, 0.6) is 0 Å². The van der Waals surface area contributed by atoms with E-state index in [1.54, 1.807) is 6.26 Å². The molecule has 0 spiro atoms. The Morgan fingerprint density at radius 3 is 2.62 bits per heavy atom. The van der Waals surface area contributed by atoms with E-state index in [9.17, 15) is 4.21 Å². The lowest BCUT2D eigenvalue weighted by atomic mass is 10.5. The maximum absolute atomic E-state index is 11.0. The zero-order chi connectivity index (χ0) is 15.1. The molecule has 0 saturated heterocycles. The van der Waals surface area contributed by atoms with Crippen LogP contribution in [0.1, 0.15) is 13.3 Å². The number of nitrogens with zero attached hydrogens (tertiary/aromatic N) is 6. The molecule has 0 aliphatic rings. The summed E-state index contributed by atoms with van der Waals surface area (Å²) >= 11 is 0. The summed E-state index contributed by atoms with van der Waals surface area (Å²) in [7, 11) is -0.787. The fraction of sp³-hybridized carbons (Fsp3) is 0.545. The van der Waals surface area contributed by atoms with Gasteiger partial charge in [0.1, 0.15) is 12.7 Å². The Hall–Kier alpha value is -2.10. The molecule has 114 valence electrons. The number of nitrogens with one attached hydrogen (secondary N) is 2. The molecule has 2 aromatic heterocycles. The highest BCUT2D eigenvalue weighted by Gasteiger charge is 2.08. The zero-order valence-electron chi connectivity index (χ0n) is 12.0. The molecule has 2 heterocycles. The molecule has 2 aromatic rings. The van der Waals surface area contributed by atoms with Crippen LogP contribution in [0.3, 0.4) is 0 Å². The average Bonchev–Trinajstić information content (AvgIpc) is 2.98. The van der Waals surface area contributed by atoms with Crippen molar-refractivity contribution in [2.45, 2.75) is 13.3 Å². The van der Waals surface area contributed by atoms with Crippen LogP contribution in [0.15, 0.2) is 12.7 Å². The molecule has 0 aliphatic carbocycles. The number of rotatable bonds is 8. The summed E-state index contributed by atoms with van der Waals surface area (Å²) in [5, 5.41) is 10.2. The largest absolute Gasteiger partial charge is 0.354 e. The fourth-order valence-electron chi connectivity index (χ4n) is 1.57. The van der Waals surface area contributed by atoms with Crippen molar-refractivity contribution in [2.75, 3.05) is 35.7 Å². The first-order chi connectivity index (χ1) is 10.2. The van der Waals surface area contributed by atoms with Gasteiger partial charge in [0.05, 0.1) is 0 Å². The van der Waals surface area contributed by atoms with Gasteiger partial charge >= 0.3 is 0 Å². The fourth-order valence-corrected chi connectivity index (χ4v) is 2.12. The van der Waals surface area contributed by atoms with E-state index in [2.05, 4.69) is 35.7 Å². The number of hydrogen-bond acceptors (Lipinski definition) is 8. The van der Waals surface area contributed by atoms with E-state index in [0.29, 0.717) is 36.7 Å². The first-order valence-electron chi connectivity index (χ1n) is 6.58. The third-order valence-electron chi connectivity index (χ3n) is 2.47. The SMILES string of the molecule is CCNc1nc(NCCCS(C)=O)nc(-n2cncn2)n1. The minimum absolute atomic E-state index is 0.389. The number of aromatic nitrogens is 6. The maximum Gasteiger partial charge on any atom is 0.258 e. The predicted octanol–water partition coefficient (Wildman–Crippen LogP) is 0.0646. The topological polar surface area (TPSA) is 111 Å². The number of anilines is 2. The summed E-state index contributed by atoms with van der Waals surface area (Å²) < 4.78 is 12.5. The monoisotopic (exact) mass is 310 g/mol. The normalized spacial score (nSPS) is 12.1. The third-order valence-corrected chi connectivity index (χ3v) is 3.34. The maximum atomic E-state index is 11.0. The molecule has 9 nitrogen and oxygen atoms in total. The van der Waals surface area contributed by atoms with Crippen LogP contribution in [-0.4, -0.2) is 59.0 Å². The van der Waals surface area contributed by atoms with Gasteiger partial charge in [-0.3, -0.25) is 4.21 Å². The molecule has 0 fully saturated rings. The van der Waals surface area contributed by atoms with Crippen molar-refractivity contribution in [1.82, 2.24) is 29.7 Å². The molecular formula is C11H18N8OS. The Kier molecular flexibility index (Phi) is 5.55. The lowest BCUT2D eigenvalue weighted by Gasteiger charge is -2.08. The molecule has 1 atom stereocenters. The standard InChI is InChI=1S/C11H18N8OS/c1-3-13-9-16-10(14-5-4-6-21(2)20)18-11(17-9)19-8-12-7-15-19/h7-8H,3-6H2,1-2H3,(H2,13,14,16,17,18). The second-order valence-corrected chi connectivity index (χ2v) is 5.77. The van der Waals surface area contributed by atoms with Crippen LogP contribution >= 0.6 is 0 Å². The lowest BCUT2D eigenvalue weighted by molar-refractivity contribution is 0.685. The van der Waals surface area contributed by atoms with Gasteiger partial charge in [-0.05, 0) is 13.3 Å². The van der Waals surface area contributed by atoms with Crippen LogP contribution < -0.4 is 10.6 Å². The molecule has 0 saturated carbocycles. The molecule has 10 heteroatoms. The Morgan fingerprint density at radius 2 is 2.00 bits per heavy atom. The van der Waals surface area contributed by atoms with Gasteiger partial charge in [0.2, 0.25) is 11.9 Å². The Bertz CT molecular complexity index is 588. The van der Waals surface area contributed by atoms with E-state index in [4.69, 9.17) is 0 Å². The zero-order valence-corrected chi connectivity index (χ0v) is 12.8. The molecule has 0 radical (unpaired) electrons. The van der Waals surface area contributed by atoms with Crippen LogP contribution in [0.2, 0.25) is 0 Å². The van der Waals surface area contributed by atoms with E-state index >= 15 is 0 Å². The van der Waals surface area contributed by atoms with Gasteiger partial charge < -0.3 is 10.6 Å². The van der Waals surface area contributed by atoms with Crippen molar-refractivity contribution in [1.29, 1.82) is 0 Å². The van der Waals surface area contributed by atoms with Crippen LogP contribution in [0, 0.1) is 0 Å². The summed E-state index contributed by atoms with van der Waals surface area (Å²) in [6, 6.07) is 0. The first-order valence-corrected chi connectivity index (χ1v) is 8.30. The average molecular weight is 310 g/mol. The van der Waals surface area contributed by atoms with Gasteiger partial charge in [-0.25, -0.2) is 4.98 Å². The minimum Gasteiger partial charge on any atom is -0.354 e. The van der Waals surface area contributed by atoms with E-state index in [1.165, 1.54) is 17.3 Å². The summed E-state index contributed by atoms with van der Waals surface area (Å²) in [5.74, 6) is 1.96. The van der Waals surface area contributed by atoms with Crippen LogP contribution in [-0.2, 0) is 10.8 Å². The Balaban J connectivity index is 2.10. The molecule has 0 aromatic carbocycles. The van der Waals surface area contributed by atoms with Gasteiger partial charge in [-0.15, -0.1) is 0 Å². The van der Waals surface area contributed by atoms with Gasteiger partial charge in [0, 0.05) is 35.9 Å². The smallest absolute Gasteiger partial charge is 0.258 e. The van der Waals surface area contributed by atoms with E-state index in [1.807, 2.05) is 6.92 Å². The van der Waals surface area contributed by atoms with Crippen molar-refractivity contribution in [2.24, 2.45) is 0 Å². The Labute approximate surface area is 125 Å². The predicted molar refractivity (Wildman–Crippen MR) is 80.9 cm³/mol. The molecule has 0 aliphatic heterocycles. The second kappa shape index (κ2) is 7.62. The molecule has 0 amide bonds. The van der Waals surface area contributed by atoms with Gasteiger partial charge in [0.25, 0.3) is 5.95 Å². The van der Waals surface area contributed by atoms with Crippen LogP contribution in [0.25, 0.3) is 5.95 Å². The molecule has 2 rings (SSSR count). The van der Waals surface area contributed by atoms with E-state index in [-0.39, 0.29) is 0 Å². The van der Waals surface area contributed by atoms with E-state index < -0.39 is 10.8 Å². The van der Waals surface area contributed by atoms with Crippen molar-refractivity contribution >= 4 is 22.7 Å². The van der Waals surface area contributed by atoms with Gasteiger partial charge in [0.15, 0.2) is 0 Å². The molecule has 1 unspecified atom stereocenters. The second-order valence-electron chi connectivity index (χ2n) is 4.21. The molecule has 2 N–H and O–H groups in total. The molecule has 21 heavy (non-hydrogen) atoms. The van der Waals surface area contributed by atoms with Crippen molar-refractivity contribution in [3.05, 3.63) is 12.7 Å². The lowest BCUT2D eigenvalue weighted by Crippen LogP contribution is -2.14. The van der Waals surface area contributed by atoms with E-state index in [0.717, 1.165) is 6.42 Å².